The lowest BCUT2D eigenvalue weighted by Gasteiger charge is -2.08. The zero-order chi connectivity index (χ0) is 10.1. The predicted molar refractivity (Wildman–Crippen MR) is 61.2 cm³/mol. The highest BCUT2D eigenvalue weighted by Crippen LogP contribution is 2.21. The number of ether oxygens (including phenoxy) is 1. The summed E-state index contributed by atoms with van der Waals surface area (Å²) in [5.41, 5.74) is 0. The minimum Gasteiger partial charge on any atom is -0.439 e. The van der Waals surface area contributed by atoms with Crippen molar-refractivity contribution >= 4 is 16.7 Å². The molecule has 1 aliphatic rings. The van der Waals surface area contributed by atoms with Crippen LogP contribution in [0.2, 0.25) is 0 Å². The third kappa shape index (κ3) is 1.50. The molecule has 0 spiro atoms. The van der Waals surface area contributed by atoms with Crippen molar-refractivity contribution in [3.05, 3.63) is 54.7 Å². The van der Waals surface area contributed by atoms with Gasteiger partial charge in [-0.1, -0.05) is 30.3 Å². The summed E-state index contributed by atoms with van der Waals surface area (Å²) in [4.78, 5) is 3.96. The molecular formula is C13H9NO. The number of hydrogen-bond acceptors (Lipinski definition) is 2. The number of nitrogens with zero attached hydrogens (tertiary/aromatic N) is 1. The fourth-order valence-electron chi connectivity index (χ4n) is 1.55. The van der Waals surface area contributed by atoms with Crippen LogP contribution in [0.25, 0.3) is 10.8 Å². The Labute approximate surface area is 87.5 Å². The molecule has 2 nitrogen and oxygen atoms in total. The van der Waals surface area contributed by atoms with Gasteiger partial charge in [-0.2, -0.15) is 0 Å². The van der Waals surface area contributed by atoms with Crippen LogP contribution in [0.4, 0.5) is 0 Å². The minimum absolute atomic E-state index is 0.672. The molecule has 0 amide bonds. The molecule has 0 N–H and O–H groups in total. The lowest BCUT2D eigenvalue weighted by molar-refractivity contribution is 0.552. The van der Waals surface area contributed by atoms with E-state index in [9.17, 15) is 0 Å². The van der Waals surface area contributed by atoms with E-state index in [1.165, 1.54) is 10.8 Å². The SMILES string of the molecule is C1=CC(Oc2ccc3ccccc3c2)=N1. The van der Waals surface area contributed by atoms with E-state index in [4.69, 9.17) is 4.74 Å². The van der Waals surface area contributed by atoms with Crippen LogP contribution < -0.4 is 4.74 Å². The molecule has 1 aliphatic heterocycles. The Kier molecular flexibility index (Phi) is 1.78. The maximum atomic E-state index is 5.52. The molecule has 0 aromatic heterocycles. The van der Waals surface area contributed by atoms with Crippen LogP contribution in [0, 0.1) is 0 Å². The van der Waals surface area contributed by atoms with Crippen LogP contribution >= 0.6 is 0 Å². The standard InChI is InChI=1S/C13H9NO/c1-2-4-11-9-12(6-5-10(11)3-1)15-13-7-8-14-13/h1-9H. The summed E-state index contributed by atoms with van der Waals surface area (Å²) in [7, 11) is 0. The van der Waals surface area contributed by atoms with Crippen LogP contribution in [0.5, 0.6) is 5.75 Å². The molecule has 0 fully saturated rings. The van der Waals surface area contributed by atoms with Crippen molar-refractivity contribution < 1.29 is 4.74 Å². The molecule has 0 saturated carbocycles. The summed E-state index contributed by atoms with van der Waals surface area (Å²) in [5, 5.41) is 2.40. The Morgan fingerprint density at radius 1 is 0.933 bits per heavy atom. The quantitative estimate of drug-likeness (QED) is 0.685. The van der Waals surface area contributed by atoms with Gasteiger partial charge < -0.3 is 4.74 Å². The van der Waals surface area contributed by atoms with Gasteiger partial charge in [0, 0.05) is 12.3 Å². The molecule has 2 heteroatoms. The number of hydrogen-bond donors (Lipinski definition) is 0. The summed E-state index contributed by atoms with van der Waals surface area (Å²) < 4.78 is 5.52. The first-order valence-electron chi connectivity index (χ1n) is 4.83. The fourth-order valence-corrected chi connectivity index (χ4v) is 1.55. The summed E-state index contributed by atoms with van der Waals surface area (Å²) in [6.07, 6.45) is 3.56. The molecule has 0 atom stereocenters. The van der Waals surface area contributed by atoms with Gasteiger partial charge >= 0.3 is 0 Å². The van der Waals surface area contributed by atoms with Crippen LogP contribution in [0.3, 0.4) is 0 Å². The zero-order valence-electron chi connectivity index (χ0n) is 8.05. The van der Waals surface area contributed by atoms with Gasteiger partial charge in [0.15, 0.2) is 0 Å². The Bertz CT molecular complexity index is 570. The maximum Gasteiger partial charge on any atom is 0.220 e. The number of rotatable bonds is 1. The number of fused-ring (bicyclic) bond motifs is 1. The van der Waals surface area contributed by atoms with Gasteiger partial charge in [-0.15, -0.1) is 0 Å². The van der Waals surface area contributed by atoms with Gasteiger partial charge in [0.25, 0.3) is 0 Å². The van der Waals surface area contributed by atoms with E-state index >= 15 is 0 Å². The molecule has 0 unspecified atom stereocenters. The van der Waals surface area contributed by atoms with Crippen LogP contribution in [0.15, 0.2) is 59.7 Å². The first-order valence-corrected chi connectivity index (χ1v) is 4.83. The van der Waals surface area contributed by atoms with E-state index in [1.807, 2.05) is 36.4 Å². The van der Waals surface area contributed by atoms with Crippen molar-refractivity contribution in [2.75, 3.05) is 0 Å². The predicted octanol–water partition coefficient (Wildman–Crippen LogP) is 3.14. The van der Waals surface area contributed by atoms with E-state index in [0.29, 0.717) is 5.90 Å². The number of benzene rings is 2. The van der Waals surface area contributed by atoms with Crippen molar-refractivity contribution in [2.45, 2.75) is 0 Å². The van der Waals surface area contributed by atoms with Gasteiger partial charge in [-0.05, 0) is 22.9 Å². The topological polar surface area (TPSA) is 21.6 Å². The van der Waals surface area contributed by atoms with Crippen LogP contribution in [0.1, 0.15) is 0 Å². The molecule has 3 rings (SSSR count). The van der Waals surface area contributed by atoms with Gasteiger partial charge in [0.1, 0.15) is 5.75 Å². The Morgan fingerprint density at radius 2 is 1.73 bits per heavy atom. The number of aliphatic imine (C=N–C) groups is 1. The molecule has 0 radical (unpaired) electrons. The van der Waals surface area contributed by atoms with Gasteiger partial charge in [0.2, 0.25) is 5.90 Å². The third-order valence-electron chi connectivity index (χ3n) is 2.36. The van der Waals surface area contributed by atoms with E-state index in [2.05, 4.69) is 17.1 Å². The fraction of sp³-hybridized carbons (Fsp3) is 0. The van der Waals surface area contributed by atoms with E-state index in [1.54, 1.807) is 6.20 Å². The molecule has 2 aromatic carbocycles. The molecule has 2 aromatic rings. The molecule has 1 heterocycles. The first kappa shape index (κ1) is 8.24. The van der Waals surface area contributed by atoms with Crippen molar-refractivity contribution in [2.24, 2.45) is 4.99 Å². The second kappa shape index (κ2) is 3.24. The van der Waals surface area contributed by atoms with Gasteiger partial charge in [-0.25, -0.2) is 4.99 Å². The Morgan fingerprint density at radius 3 is 2.47 bits per heavy atom. The lowest BCUT2D eigenvalue weighted by Crippen LogP contribution is -2.08. The molecule has 0 aliphatic carbocycles. The Hall–Kier alpha value is -2.09. The summed E-state index contributed by atoms with van der Waals surface area (Å²) in [5.74, 6) is 1.50. The molecule has 0 saturated heterocycles. The van der Waals surface area contributed by atoms with E-state index in [-0.39, 0.29) is 0 Å². The van der Waals surface area contributed by atoms with Gasteiger partial charge in [0.05, 0.1) is 0 Å². The highest BCUT2D eigenvalue weighted by Gasteiger charge is 2.03. The average molecular weight is 195 g/mol. The van der Waals surface area contributed by atoms with Crippen LogP contribution in [-0.2, 0) is 0 Å². The molecular weight excluding hydrogens is 186 g/mol. The lowest BCUT2D eigenvalue weighted by atomic mass is 10.1. The van der Waals surface area contributed by atoms with Crippen molar-refractivity contribution in [3.8, 4) is 5.75 Å². The maximum absolute atomic E-state index is 5.52. The molecule has 72 valence electrons. The smallest absolute Gasteiger partial charge is 0.220 e. The normalized spacial score (nSPS) is 13.5. The zero-order valence-corrected chi connectivity index (χ0v) is 8.05. The van der Waals surface area contributed by atoms with Crippen molar-refractivity contribution in [3.63, 3.8) is 0 Å². The second-order valence-corrected chi connectivity index (χ2v) is 3.39. The summed E-state index contributed by atoms with van der Waals surface area (Å²) in [6.45, 7) is 0. The van der Waals surface area contributed by atoms with Gasteiger partial charge in [-0.3, -0.25) is 0 Å². The molecule has 0 bridgehead atoms. The van der Waals surface area contributed by atoms with Crippen LogP contribution in [-0.4, -0.2) is 5.90 Å². The third-order valence-corrected chi connectivity index (χ3v) is 2.36. The highest BCUT2D eigenvalue weighted by atomic mass is 16.5. The summed E-state index contributed by atoms with van der Waals surface area (Å²) in [6, 6.07) is 14.2. The largest absolute Gasteiger partial charge is 0.439 e. The van der Waals surface area contributed by atoms with E-state index < -0.39 is 0 Å². The Balaban J connectivity index is 1.98. The van der Waals surface area contributed by atoms with E-state index in [0.717, 1.165) is 5.75 Å². The first-order chi connectivity index (χ1) is 7.42. The molecule has 15 heavy (non-hydrogen) atoms. The highest BCUT2D eigenvalue weighted by molar-refractivity contribution is 5.94. The summed E-state index contributed by atoms with van der Waals surface area (Å²) >= 11 is 0. The van der Waals surface area contributed by atoms with Crippen molar-refractivity contribution in [1.29, 1.82) is 0 Å². The average Bonchev–Trinajstić information content (AvgIpc) is 2.23. The van der Waals surface area contributed by atoms with Crippen molar-refractivity contribution in [1.82, 2.24) is 0 Å². The monoisotopic (exact) mass is 195 g/mol. The second-order valence-electron chi connectivity index (χ2n) is 3.39. The minimum atomic E-state index is 0.672.